The minimum atomic E-state index is -0.726. The van der Waals surface area contributed by atoms with Crippen molar-refractivity contribution in [1.29, 1.82) is 0 Å². The summed E-state index contributed by atoms with van der Waals surface area (Å²) in [4.78, 5) is 52.2. The van der Waals surface area contributed by atoms with Gasteiger partial charge in [-0.2, -0.15) is 0 Å². The number of benzene rings is 7. The molecule has 2 N–H and O–H groups in total. The molecule has 7 rings (SSSR count). The van der Waals surface area contributed by atoms with Gasteiger partial charge < -0.3 is 29.6 Å². The monoisotopic (exact) mass is 952 g/mol. The minimum Gasteiger partial charge on any atom is -0.490 e. The Labute approximate surface area is 420 Å². The summed E-state index contributed by atoms with van der Waals surface area (Å²) in [5, 5.41) is 6.48. The molecule has 2 atom stereocenters. The summed E-state index contributed by atoms with van der Waals surface area (Å²) in [6, 6.07) is 53.5. The summed E-state index contributed by atoms with van der Waals surface area (Å²) in [6.07, 6.45) is 7.82. The second-order valence-electron chi connectivity index (χ2n) is 16.2. The van der Waals surface area contributed by atoms with E-state index in [1.54, 1.807) is 72.8 Å². The average Bonchev–Trinajstić information content (AvgIpc) is 3.43. The highest BCUT2D eigenvalue weighted by Crippen LogP contribution is 2.24. The van der Waals surface area contributed by atoms with Crippen LogP contribution in [0.3, 0.4) is 0 Å². The van der Waals surface area contributed by atoms with E-state index in [2.05, 4.69) is 34.3 Å². The number of hydrogen-bond acceptors (Lipinski definition) is 10. The molecular weight excluding hydrogens is 901 g/mol. The number of esters is 2. The molecule has 0 spiro atoms. The summed E-state index contributed by atoms with van der Waals surface area (Å²) in [6.45, 7) is 0.641. The molecule has 0 saturated heterocycles. The lowest BCUT2D eigenvalue weighted by molar-refractivity contribution is -0.142. The van der Waals surface area contributed by atoms with E-state index in [0.717, 1.165) is 22.3 Å². The summed E-state index contributed by atoms with van der Waals surface area (Å²) in [5.41, 5.74) is 6.62. The number of ether oxygens (including phenoxy) is 4. The Balaban J connectivity index is 0.822. The molecule has 0 radical (unpaired) electrons. The highest BCUT2D eigenvalue weighted by Gasteiger charge is 2.24. The Kier molecular flexibility index (Phi) is 18.5. The maximum atomic E-state index is 13.3. The second kappa shape index (κ2) is 26.4. The lowest BCUT2D eigenvalue weighted by Crippen LogP contribution is -2.33. The van der Waals surface area contributed by atoms with E-state index in [4.69, 9.17) is 18.9 Å². The molecule has 0 aliphatic heterocycles. The van der Waals surface area contributed by atoms with Gasteiger partial charge in [0.15, 0.2) is 11.6 Å². The van der Waals surface area contributed by atoms with E-state index in [0.29, 0.717) is 71.2 Å². The molecule has 358 valence electrons. The maximum Gasteiger partial charge on any atom is 0.328 e. The number of para-hydroxylation sites is 2. The second-order valence-corrected chi connectivity index (χ2v) is 16.2. The summed E-state index contributed by atoms with van der Waals surface area (Å²) in [7, 11) is 2.69. The number of methoxy groups -OCH3 is 2. The molecule has 10 nitrogen and oxygen atoms in total. The van der Waals surface area contributed by atoms with Gasteiger partial charge in [0.2, 0.25) is 0 Å². The predicted molar refractivity (Wildman–Crippen MR) is 281 cm³/mol. The van der Waals surface area contributed by atoms with Crippen LogP contribution in [0.15, 0.2) is 206 Å². The number of hydrogen-bond donors (Lipinski definition) is 2. The van der Waals surface area contributed by atoms with Crippen molar-refractivity contribution in [3.8, 4) is 35.2 Å². The standard InChI is InChI=1S/C62H52N2O8/c1-69-61(67)57(63-55-27-15-13-25-53(55)59(65)49-21-9-3-10-22-49)43-47-33-37-51(38-34-47)71-41-17-5-7-19-45-29-31-46(32-30-45)20-8-6-18-42-72-52-39-35-48(36-40-52)44-58(62(68)70-2)64-56-28-16-14-26-54(56)60(66)50-23-11-4-12-24-50/h3-6,9-18,21-40,57-58,63-64H,41-44H2,1-2H3/b17-5+,18-6+. The average molecular weight is 953 g/mol. The molecule has 72 heavy (non-hydrogen) atoms. The van der Waals surface area contributed by atoms with Gasteiger partial charge in [-0.1, -0.05) is 133 Å². The Bertz CT molecular complexity index is 2910. The van der Waals surface area contributed by atoms with Gasteiger partial charge in [0.1, 0.15) is 36.8 Å². The lowest BCUT2D eigenvalue weighted by atomic mass is 10.00. The third-order valence-electron chi connectivity index (χ3n) is 11.2. The fourth-order valence-corrected chi connectivity index (χ4v) is 7.46. The zero-order chi connectivity index (χ0) is 50.3. The molecule has 0 saturated carbocycles. The topological polar surface area (TPSA) is 129 Å². The summed E-state index contributed by atoms with van der Waals surface area (Å²) < 4.78 is 21.9. The maximum absolute atomic E-state index is 13.3. The van der Waals surface area contributed by atoms with Gasteiger partial charge in [0, 0.05) is 57.6 Å². The van der Waals surface area contributed by atoms with Gasteiger partial charge >= 0.3 is 11.9 Å². The van der Waals surface area contributed by atoms with Crippen molar-refractivity contribution in [2.75, 3.05) is 38.1 Å². The van der Waals surface area contributed by atoms with Gasteiger partial charge in [-0.15, -0.1) is 0 Å². The van der Waals surface area contributed by atoms with Crippen molar-refractivity contribution in [3.63, 3.8) is 0 Å². The zero-order valence-corrected chi connectivity index (χ0v) is 39.9. The molecule has 2 unspecified atom stereocenters. The van der Waals surface area contributed by atoms with E-state index in [-0.39, 0.29) is 11.6 Å². The van der Waals surface area contributed by atoms with Gasteiger partial charge in [0.25, 0.3) is 0 Å². The van der Waals surface area contributed by atoms with Gasteiger partial charge in [-0.25, -0.2) is 9.59 Å². The fourth-order valence-electron chi connectivity index (χ4n) is 7.46. The third kappa shape index (κ3) is 14.8. The van der Waals surface area contributed by atoms with Crippen LogP contribution in [0.5, 0.6) is 11.5 Å². The van der Waals surface area contributed by atoms with Crippen molar-refractivity contribution in [2.45, 2.75) is 24.9 Å². The van der Waals surface area contributed by atoms with Crippen molar-refractivity contribution in [2.24, 2.45) is 0 Å². The molecule has 0 aliphatic carbocycles. The Hall–Kier alpha value is -9.38. The largest absolute Gasteiger partial charge is 0.490 e. The minimum absolute atomic E-state index is 0.142. The molecule has 0 fully saturated rings. The van der Waals surface area contributed by atoms with Crippen molar-refractivity contribution in [1.82, 2.24) is 0 Å². The van der Waals surface area contributed by atoms with Gasteiger partial charge in [-0.3, -0.25) is 9.59 Å². The highest BCUT2D eigenvalue weighted by atomic mass is 16.5. The normalized spacial score (nSPS) is 11.5. The Morgan fingerprint density at radius 2 is 0.819 bits per heavy atom. The lowest BCUT2D eigenvalue weighted by Gasteiger charge is -2.20. The van der Waals surface area contributed by atoms with Crippen LogP contribution in [0.4, 0.5) is 11.4 Å². The summed E-state index contributed by atoms with van der Waals surface area (Å²) in [5.74, 6) is 12.5. The molecule has 0 aliphatic rings. The number of nitrogens with one attached hydrogen (secondary N) is 2. The van der Waals surface area contributed by atoms with Crippen LogP contribution in [-0.4, -0.2) is 63.0 Å². The van der Waals surface area contributed by atoms with E-state index in [1.165, 1.54) is 14.2 Å². The van der Waals surface area contributed by atoms with Crippen LogP contribution in [-0.2, 0) is 31.9 Å². The zero-order valence-electron chi connectivity index (χ0n) is 39.9. The van der Waals surface area contributed by atoms with Crippen molar-refractivity contribution in [3.05, 3.63) is 251 Å². The number of ketones is 2. The van der Waals surface area contributed by atoms with Crippen molar-refractivity contribution < 1.29 is 38.1 Å². The number of carbonyl (C=O) groups is 4. The van der Waals surface area contributed by atoms with Crippen LogP contribution in [0, 0.1) is 23.7 Å². The molecule has 0 aromatic heterocycles. The predicted octanol–water partition coefficient (Wildman–Crippen LogP) is 10.5. The first-order valence-corrected chi connectivity index (χ1v) is 23.2. The molecule has 0 bridgehead atoms. The molecule has 10 heteroatoms. The number of anilines is 2. The first-order valence-electron chi connectivity index (χ1n) is 23.2. The smallest absolute Gasteiger partial charge is 0.328 e. The van der Waals surface area contributed by atoms with E-state index in [1.807, 2.05) is 133 Å². The SMILES string of the molecule is COC(=O)C(Cc1ccc(OC/C=C/C#Cc2ccc(C#C/C=C/COc3ccc(CC(Nc4ccccc4C(=O)c4ccccc4)C(=O)OC)cc3)cc2)cc1)Nc1ccccc1C(=O)c1ccccc1. The number of rotatable bonds is 20. The third-order valence-corrected chi connectivity index (χ3v) is 11.2. The van der Waals surface area contributed by atoms with Gasteiger partial charge in [0.05, 0.1) is 14.2 Å². The van der Waals surface area contributed by atoms with E-state index >= 15 is 0 Å². The van der Waals surface area contributed by atoms with Crippen LogP contribution in [0.1, 0.15) is 54.1 Å². The number of carbonyl (C=O) groups excluding carboxylic acids is 4. The molecule has 0 heterocycles. The Morgan fingerprint density at radius 1 is 0.458 bits per heavy atom. The highest BCUT2D eigenvalue weighted by molar-refractivity contribution is 6.13. The van der Waals surface area contributed by atoms with Crippen LogP contribution < -0.4 is 20.1 Å². The van der Waals surface area contributed by atoms with Crippen molar-refractivity contribution >= 4 is 34.9 Å². The van der Waals surface area contributed by atoms with Gasteiger partial charge in [-0.05, 0) is 108 Å². The molecular formula is C62H52N2O8. The fraction of sp³-hybridized carbons (Fsp3) is 0.129. The number of allylic oxidation sites excluding steroid dienone is 2. The summed E-state index contributed by atoms with van der Waals surface area (Å²) >= 11 is 0. The first-order chi connectivity index (χ1) is 35.3. The Morgan fingerprint density at radius 3 is 1.19 bits per heavy atom. The molecule has 0 amide bonds. The van der Waals surface area contributed by atoms with Crippen LogP contribution in [0.2, 0.25) is 0 Å². The van der Waals surface area contributed by atoms with E-state index < -0.39 is 24.0 Å². The van der Waals surface area contributed by atoms with Crippen LogP contribution >= 0.6 is 0 Å². The van der Waals surface area contributed by atoms with Crippen LogP contribution in [0.25, 0.3) is 0 Å². The quantitative estimate of drug-likeness (QED) is 0.0433. The molecule has 7 aromatic rings. The first kappa shape index (κ1) is 50.5. The molecule has 7 aromatic carbocycles. The van der Waals surface area contributed by atoms with E-state index in [9.17, 15) is 19.2 Å².